The van der Waals surface area contributed by atoms with Crippen molar-refractivity contribution in [2.45, 2.75) is 13.5 Å². The Kier molecular flexibility index (Phi) is 8.15. The third-order valence-electron chi connectivity index (χ3n) is 4.00. The number of aliphatic imine (C=N–C) groups is 1. The Morgan fingerprint density at radius 2 is 1.96 bits per heavy atom. The fraction of sp³-hybridized carbons (Fsp3) is 0.588. The van der Waals surface area contributed by atoms with E-state index < -0.39 is 10.0 Å². The van der Waals surface area contributed by atoms with Gasteiger partial charge in [-0.05, 0) is 24.6 Å². The molecule has 0 unspecified atom stereocenters. The largest absolute Gasteiger partial charge is 0.379 e. The molecule has 1 aromatic rings. The van der Waals surface area contributed by atoms with Crippen LogP contribution in [0, 0.1) is 0 Å². The number of benzene rings is 1. The Bertz CT molecular complexity index is 688. The molecular weight excluding hydrogens is 376 g/mol. The molecular formula is C17H27ClN4O3S. The van der Waals surface area contributed by atoms with Crippen LogP contribution in [0.2, 0.25) is 5.02 Å². The Labute approximate surface area is 161 Å². The highest BCUT2D eigenvalue weighted by molar-refractivity contribution is 7.89. The number of sulfonamides is 1. The summed E-state index contributed by atoms with van der Waals surface area (Å²) in [6.07, 6.45) is 0. The van der Waals surface area contributed by atoms with E-state index in [9.17, 15) is 8.42 Å². The second-order valence-corrected chi connectivity index (χ2v) is 8.57. The zero-order valence-electron chi connectivity index (χ0n) is 15.3. The Balaban J connectivity index is 1.95. The van der Waals surface area contributed by atoms with Crippen molar-refractivity contribution < 1.29 is 13.2 Å². The van der Waals surface area contributed by atoms with Crippen molar-refractivity contribution in [3.05, 3.63) is 34.9 Å². The zero-order valence-corrected chi connectivity index (χ0v) is 16.9. The Morgan fingerprint density at radius 1 is 1.31 bits per heavy atom. The predicted molar refractivity (Wildman–Crippen MR) is 105 cm³/mol. The molecule has 0 bridgehead atoms. The smallest absolute Gasteiger partial charge is 0.216 e. The van der Waals surface area contributed by atoms with Crippen molar-refractivity contribution in [1.82, 2.24) is 14.5 Å². The molecule has 9 heteroatoms. The summed E-state index contributed by atoms with van der Waals surface area (Å²) in [7, 11) is -1.37. The van der Waals surface area contributed by atoms with Gasteiger partial charge in [0.2, 0.25) is 10.0 Å². The number of morpholine rings is 1. The maximum absolute atomic E-state index is 12.4. The van der Waals surface area contributed by atoms with Gasteiger partial charge < -0.3 is 15.0 Å². The highest BCUT2D eigenvalue weighted by atomic mass is 35.5. The molecule has 1 aliphatic rings. The number of hydrogen-bond donors (Lipinski definition) is 1. The van der Waals surface area contributed by atoms with Crippen LogP contribution in [0.15, 0.2) is 29.3 Å². The van der Waals surface area contributed by atoms with Crippen LogP contribution in [0.3, 0.4) is 0 Å². The van der Waals surface area contributed by atoms with E-state index >= 15 is 0 Å². The lowest BCUT2D eigenvalue weighted by molar-refractivity contribution is 0.0731. The molecule has 0 radical (unpaired) electrons. The molecule has 1 saturated heterocycles. The van der Waals surface area contributed by atoms with Crippen LogP contribution >= 0.6 is 11.6 Å². The van der Waals surface area contributed by atoms with Crippen molar-refractivity contribution in [3.8, 4) is 0 Å². The van der Waals surface area contributed by atoms with Gasteiger partial charge >= 0.3 is 0 Å². The number of guanidine groups is 1. The van der Waals surface area contributed by atoms with Crippen LogP contribution in [0.5, 0.6) is 0 Å². The molecule has 0 saturated carbocycles. The summed E-state index contributed by atoms with van der Waals surface area (Å²) in [5.41, 5.74) is 1.10. The van der Waals surface area contributed by atoms with Gasteiger partial charge in [-0.15, -0.1) is 0 Å². The summed E-state index contributed by atoms with van der Waals surface area (Å²) < 4.78 is 31.4. The van der Waals surface area contributed by atoms with Gasteiger partial charge in [-0.3, -0.25) is 4.99 Å². The van der Waals surface area contributed by atoms with Gasteiger partial charge in [0, 0.05) is 38.2 Å². The van der Waals surface area contributed by atoms with Gasteiger partial charge in [0.05, 0.1) is 25.5 Å². The van der Waals surface area contributed by atoms with Gasteiger partial charge in [-0.25, -0.2) is 8.42 Å². The van der Waals surface area contributed by atoms with Crippen molar-refractivity contribution in [1.29, 1.82) is 0 Å². The average molecular weight is 403 g/mol. The molecule has 2 rings (SSSR count). The highest BCUT2D eigenvalue weighted by Crippen LogP contribution is 2.11. The normalized spacial score (nSPS) is 16.5. The summed E-state index contributed by atoms with van der Waals surface area (Å²) in [5, 5.41) is 3.90. The quantitative estimate of drug-likeness (QED) is 0.551. The van der Waals surface area contributed by atoms with Crippen LogP contribution in [0.25, 0.3) is 0 Å². The number of nitrogens with one attached hydrogen (secondary N) is 1. The minimum atomic E-state index is -3.30. The van der Waals surface area contributed by atoms with Crippen LogP contribution < -0.4 is 5.32 Å². The molecule has 0 amide bonds. The number of halogens is 1. The first kappa shape index (κ1) is 21.0. The summed E-state index contributed by atoms with van der Waals surface area (Å²) in [5.74, 6) is 0.677. The van der Waals surface area contributed by atoms with E-state index in [0.717, 1.165) is 5.56 Å². The van der Waals surface area contributed by atoms with Gasteiger partial charge in [-0.2, -0.15) is 4.31 Å². The van der Waals surface area contributed by atoms with Crippen molar-refractivity contribution >= 4 is 27.6 Å². The van der Waals surface area contributed by atoms with Crippen molar-refractivity contribution in [2.75, 3.05) is 52.2 Å². The lowest BCUT2D eigenvalue weighted by Gasteiger charge is -2.26. The second-order valence-electron chi connectivity index (χ2n) is 6.05. The van der Waals surface area contributed by atoms with E-state index in [0.29, 0.717) is 50.4 Å². The maximum Gasteiger partial charge on any atom is 0.216 e. The summed E-state index contributed by atoms with van der Waals surface area (Å²) in [6, 6.07) is 7.63. The molecule has 1 heterocycles. The van der Waals surface area contributed by atoms with Crippen LogP contribution in [0.1, 0.15) is 12.5 Å². The minimum absolute atomic E-state index is 0.00329. The predicted octanol–water partition coefficient (Wildman–Crippen LogP) is 1.40. The van der Waals surface area contributed by atoms with Crippen LogP contribution in [0.4, 0.5) is 0 Å². The van der Waals surface area contributed by atoms with E-state index in [-0.39, 0.29) is 12.3 Å². The third kappa shape index (κ3) is 6.42. The summed E-state index contributed by atoms with van der Waals surface area (Å²) in [4.78, 5) is 6.44. The molecule has 1 fully saturated rings. The monoisotopic (exact) mass is 402 g/mol. The molecule has 146 valence electrons. The van der Waals surface area contributed by atoms with Crippen LogP contribution in [-0.2, 0) is 21.3 Å². The molecule has 1 N–H and O–H groups in total. The van der Waals surface area contributed by atoms with Gasteiger partial charge in [0.25, 0.3) is 0 Å². The Hall–Kier alpha value is -1.35. The van der Waals surface area contributed by atoms with E-state index in [2.05, 4.69) is 10.3 Å². The number of rotatable bonds is 7. The van der Waals surface area contributed by atoms with Crippen molar-refractivity contribution in [2.24, 2.45) is 4.99 Å². The van der Waals surface area contributed by atoms with Gasteiger partial charge in [0.1, 0.15) is 0 Å². The maximum atomic E-state index is 12.4. The molecule has 0 aromatic heterocycles. The molecule has 1 aromatic carbocycles. The van der Waals surface area contributed by atoms with E-state index in [1.807, 2.05) is 43.1 Å². The number of hydrogen-bond acceptors (Lipinski definition) is 4. The first-order valence-electron chi connectivity index (χ1n) is 8.72. The van der Waals surface area contributed by atoms with Gasteiger partial charge in [-0.1, -0.05) is 23.7 Å². The van der Waals surface area contributed by atoms with Crippen molar-refractivity contribution in [3.63, 3.8) is 0 Å². The lowest BCUT2D eigenvalue weighted by atomic mass is 10.2. The third-order valence-corrected chi connectivity index (χ3v) is 6.11. The molecule has 0 spiro atoms. The van der Waals surface area contributed by atoms with E-state index in [1.165, 1.54) is 4.31 Å². The molecule has 1 aliphatic heterocycles. The second kappa shape index (κ2) is 10.1. The molecule has 0 atom stereocenters. The van der Waals surface area contributed by atoms with E-state index in [1.54, 1.807) is 0 Å². The standard InChI is InChI=1S/C17H27ClN4O3S/c1-3-19-17(21(2)14-15-4-6-16(18)7-5-15)20-8-13-26(23,24)22-9-11-25-12-10-22/h4-7H,3,8-14H2,1-2H3,(H,19,20). The fourth-order valence-electron chi connectivity index (χ4n) is 2.63. The highest BCUT2D eigenvalue weighted by Gasteiger charge is 2.23. The minimum Gasteiger partial charge on any atom is -0.379 e. The average Bonchev–Trinajstić information content (AvgIpc) is 2.63. The number of nitrogens with zero attached hydrogens (tertiary/aromatic N) is 3. The Morgan fingerprint density at radius 3 is 2.58 bits per heavy atom. The van der Waals surface area contributed by atoms with E-state index in [4.69, 9.17) is 16.3 Å². The van der Waals surface area contributed by atoms with Crippen LogP contribution in [-0.4, -0.2) is 75.8 Å². The first-order valence-corrected chi connectivity index (χ1v) is 10.7. The molecule has 7 nitrogen and oxygen atoms in total. The summed E-state index contributed by atoms with van der Waals surface area (Å²) >= 11 is 5.92. The van der Waals surface area contributed by atoms with Gasteiger partial charge in [0.15, 0.2) is 5.96 Å². The SMILES string of the molecule is CCNC(=NCCS(=O)(=O)N1CCOCC1)N(C)Cc1ccc(Cl)cc1. The molecule has 26 heavy (non-hydrogen) atoms. The molecule has 0 aliphatic carbocycles. The lowest BCUT2D eigenvalue weighted by Crippen LogP contribution is -2.42. The summed E-state index contributed by atoms with van der Waals surface area (Å²) in [6.45, 7) is 5.30. The number of ether oxygens (including phenoxy) is 1. The topological polar surface area (TPSA) is 74.2 Å². The zero-order chi connectivity index (χ0) is 19.0. The first-order chi connectivity index (χ1) is 12.4. The fourth-order valence-corrected chi connectivity index (χ4v) is 4.04.